The Hall–Kier alpha value is -1.86. The van der Waals surface area contributed by atoms with Gasteiger partial charge >= 0.3 is 11.9 Å². The van der Waals surface area contributed by atoms with E-state index in [-0.39, 0.29) is 18.8 Å². The molecule has 0 atom stereocenters. The topological polar surface area (TPSA) is 91.3 Å². The first-order valence-corrected chi connectivity index (χ1v) is 6.02. The number of ether oxygens (including phenoxy) is 4. The fourth-order valence-corrected chi connectivity index (χ4v) is 1.06. The Labute approximate surface area is 117 Å². The van der Waals surface area contributed by atoms with Gasteiger partial charge in [0.15, 0.2) is 0 Å². The molecule has 114 valence electrons. The van der Waals surface area contributed by atoms with Crippen molar-refractivity contribution >= 4 is 11.9 Å². The van der Waals surface area contributed by atoms with Crippen LogP contribution in [0.15, 0.2) is 25.0 Å². The van der Waals surface area contributed by atoms with Gasteiger partial charge in [0.25, 0.3) is 0 Å². The number of rotatable bonds is 13. The van der Waals surface area contributed by atoms with Crippen LogP contribution in [0.5, 0.6) is 0 Å². The maximum absolute atomic E-state index is 11.2. The second-order valence-corrected chi connectivity index (χ2v) is 3.57. The van der Waals surface area contributed by atoms with E-state index in [0.717, 1.165) is 0 Å². The molecule has 0 heterocycles. The van der Waals surface area contributed by atoms with E-state index in [9.17, 15) is 9.59 Å². The average Bonchev–Trinajstić information content (AvgIpc) is 2.39. The Kier molecular flexibility index (Phi) is 11.1. The van der Waals surface area contributed by atoms with Crippen molar-refractivity contribution in [2.45, 2.75) is 6.42 Å². The van der Waals surface area contributed by atoms with Crippen LogP contribution in [0, 0.1) is 0 Å². The highest BCUT2D eigenvalue weighted by atomic mass is 16.6. The Morgan fingerprint density at radius 2 is 1.55 bits per heavy atom. The van der Waals surface area contributed by atoms with Crippen LogP contribution in [0.25, 0.3) is 0 Å². The molecule has 0 rings (SSSR count). The minimum Gasteiger partial charge on any atom is -0.499 e. The lowest BCUT2D eigenvalue weighted by Crippen LogP contribution is -2.15. The molecule has 0 unspecified atom stereocenters. The number of hydrogen-bond donors (Lipinski definition) is 1. The molecule has 7 heteroatoms. The zero-order valence-electron chi connectivity index (χ0n) is 11.3. The minimum atomic E-state index is -1.12. The van der Waals surface area contributed by atoms with Crippen LogP contribution < -0.4 is 0 Å². The van der Waals surface area contributed by atoms with Crippen LogP contribution >= 0.6 is 0 Å². The van der Waals surface area contributed by atoms with Gasteiger partial charge in [0, 0.05) is 5.57 Å². The number of carboxylic acids is 1. The van der Waals surface area contributed by atoms with Crippen molar-refractivity contribution in [3.63, 3.8) is 0 Å². The number of carboxylic acid groups (broad SMARTS) is 1. The molecule has 0 spiro atoms. The predicted molar refractivity (Wildman–Crippen MR) is 70.1 cm³/mol. The second-order valence-electron chi connectivity index (χ2n) is 3.57. The summed E-state index contributed by atoms with van der Waals surface area (Å²) in [7, 11) is 0. The van der Waals surface area contributed by atoms with Crippen LogP contribution in [-0.2, 0) is 28.5 Å². The molecule has 0 radical (unpaired) electrons. The molecule has 0 aromatic heterocycles. The van der Waals surface area contributed by atoms with Crippen LogP contribution in [-0.4, -0.2) is 56.7 Å². The first kappa shape index (κ1) is 18.1. The Morgan fingerprint density at radius 1 is 1.00 bits per heavy atom. The van der Waals surface area contributed by atoms with E-state index in [1.165, 1.54) is 6.26 Å². The van der Waals surface area contributed by atoms with Gasteiger partial charge in [-0.15, -0.1) is 0 Å². The van der Waals surface area contributed by atoms with Gasteiger partial charge in [0.2, 0.25) is 0 Å². The summed E-state index contributed by atoms with van der Waals surface area (Å²) in [6, 6.07) is 0. The fourth-order valence-electron chi connectivity index (χ4n) is 1.06. The number of esters is 1. The van der Waals surface area contributed by atoms with E-state index < -0.39 is 18.4 Å². The number of aliphatic carboxylic acids is 1. The van der Waals surface area contributed by atoms with E-state index in [0.29, 0.717) is 26.4 Å². The summed E-state index contributed by atoms with van der Waals surface area (Å²) in [5, 5.41) is 8.46. The van der Waals surface area contributed by atoms with Gasteiger partial charge in [-0.3, -0.25) is 4.79 Å². The Morgan fingerprint density at radius 3 is 2.10 bits per heavy atom. The smallest absolute Gasteiger partial charge is 0.334 e. The van der Waals surface area contributed by atoms with Crippen molar-refractivity contribution in [1.82, 2.24) is 0 Å². The van der Waals surface area contributed by atoms with Crippen LogP contribution in [0.1, 0.15) is 6.42 Å². The predicted octanol–water partition coefficient (Wildman–Crippen LogP) is 0.754. The van der Waals surface area contributed by atoms with Crippen molar-refractivity contribution in [2.24, 2.45) is 0 Å². The summed E-state index contributed by atoms with van der Waals surface area (Å²) < 4.78 is 19.9. The van der Waals surface area contributed by atoms with Gasteiger partial charge < -0.3 is 24.1 Å². The molecule has 0 aromatic carbocycles. The Bertz CT molecular complexity index is 325. The fraction of sp³-hybridized carbons (Fsp3) is 0.538. The summed E-state index contributed by atoms with van der Waals surface area (Å²) in [5.41, 5.74) is -0.0944. The lowest BCUT2D eigenvalue weighted by molar-refractivity contribution is -0.144. The van der Waals surface area contributed by atoms with Crippen LogP contribution in [0.4, 0.5) is 0 Å². The monoisotopic (exact) mass is 288 g/mol. The van der Waals surface area contributed by atoms with Gasteiger partial charge in [-0.25, -0.2) is 4.79 Å². The third-order valence-corrected chi connectivity index (χ3v) is 1.95. The van der Waals surface area contributed by atoms with Crippen molar-refractivity contribution in [1.29, 1.82) is 0 Å². The first-order valence-electron chi connectivity index (χ1n) is 6.02. The van der Waals surface area contributed by atoms with Gasteiger partial charge in [0.05, 0.1) is 39.1 Å². The summed E-state index contributed by atoms with van der Waals surface area (Å²) in [5.74, 6) is -1.85. The highest BCUT2D eigenvalue weighted by molar-refractivity contribution is 5.92. The van der Waals surface area contributed by atoms with Crippen LogP contribution in [0.3, 0.4) is 0 Å². The van der Waals surface area contributed by atoms with E-state index in [2.05, 4.69) is 13.2 Å². The SMILES string of the molecule is C=COCCOCCOCCOC(=O)C(=C)CC(=O)O. The molecular formula is C13H20O7. The quantitative estimate of drug-likeness (QED) is 0.231. The molecular weight excluding hydrogens is 268 g/mol. The molecule has 0 saturated carbocycles. The maximum atomic E-state index is 11.2. The minimum absolute atomic E-state index is 0.0387. The molecule has 0 aliphatic carbocycles. The molecule has 0 bridgehead atoms. The van der Waals surface area contributed by atoms with E-state index in [1.54, 1.807) is 0 Å². The summed E-state index contributed by atoms with van der Waals surface area (Å²) >= 11 is 0. The summed E-state index contributed by atoms with van der Waals surface area (Å²) in [4.78, 5) is 21.6. The van der Waals surface area contributed by atoms with Crippen molar-refractivity contribution in [3.8, 4) is 0 Å². The van der Waals surface area contributed by atoms with Gasteiger partial charge in [-0.1, -0.05) is 13.2 Å². The third-order valence-electron chi connectivity index (χ3n) is 1.95. The van der Waals surface area contributed by atoms with Crippen molar-refractivity contribution in [2.75, 3.05) is 39.6 Å². The molecule has 0 aromatic rings. The second kappa shape index (κ2) is 12.2. The molecule has 1 N–H and O–H groups in total. The van der Waals surface area contributed by atoms with Gasteiger partial charge in [-0.2, -0.15) is 0 Å². The standard InChI is InChI=1S/C13H20O7/c1-3-17-4-5-18-6-7-19-8-9-20-13(16)11(2)10-12(14)15/h3H,1-2,4-10H2,(H,14,15). The zero-order chi connectivity index (χ0) is 15.2. The maximum Gasteiger partial charge on any atom is 0.334 e. The molecule has 0 amide bonds. The van der Waals surface area contributed by atoms with Gasteiger partial charge in [0.1, 0.15) is 13.2 Å². The average molecular weight is 288 g/mol. The molecule has 0 fully saturated rings. The normalized spacial score (nSPS) is 9.80. The Balaban J connectivity index is 3.35. The van der Waals surface area contributed by atoms with E-state index >= 15 is 0 Å². The summed E-state index contributed by atoms with van der Waals surface area (Å²) in [6.07, 6.45) is 0.909. The van der Waals surface area contributed by atoms with Crippen molar-refractivity contribution < 1.29 is 33.6 Å². The largest absolute Gasteiger partial charge is 0.499 e. The number of carbonyl (C=O) groups is 2. The lowest BCUT2D eigenvalue weighted by Gasteiger charge is -2.07. The number of carbonyl (C=O) groups excluding carboxylic acids is 1. The molecule has 0 aliphatic rings. The van der Waals surface area contributed by atoms with Crippen LogP contribution in [0.2, 0.25) is 0 Å². The number of hydrogen-bond acceptors (Lipinski definition) is 6. The summed E-state index contributed by atoms with van der Waals surface area (Å²) in [6.45, 7) is 8.60. The zero-order valence-corrected chi connectivity index (χ0v) is 11.3. The van der Waals surface area contributed by atoms with E-state index in [4.69, 9.17) is 24.1 Å². The highest BCUT2D eigenvalue weighted by Crippen LogP contribution is 2.00. The van der Waals surface area contributed by atoms with E-state index in [1.807, 2.05) is 0 Å². The molecule has 0 aliphatic heterocycles. The lowest BCUT2D eigenvalue weighted by atomic mass is 10.2. The molecule has 0 saturated heterocycles. The molecule has 7 nitrogen and oxygen atoms in total. The van der Waals surface area contributed by atoms with Gasteiger partial charge in [-0.05, 0) is 0 Å². The molecule has 20 heavy (non-hydrogen) atoms. The third kappa shape index (κ3) is 11.2. The first-order chi connectivity index (χ1) is 9.57. The highest BCUT2D eigenvalue weighted by Gasteiger charge is 2.11. The van der Waals surface area contributed by atoms with Crippen molar-refractivity contribution in [3.05, 3.63) is 25.0 Å².